The molecule has 2 unspecified atom stereocenters. The van der Waals surface area contributed by atoms with E-state index in [4.69, 9.17) is 4.74 Å². The van der Waals surface area contributed by atoms with Gasteiger partial charge in [0.05, 0.1) is 13.2 Å². The Bertz CT molecular complexity index is 1060. The molecule has 2 heterocycles. The van der Waals surface area contributed by atoms with E-state index in [0.717, 1.165) is 44.8 Å². The number of piperidine rings is 1. The summed E-state index contributed by atoms with van der Waals surface area (Å²) in [6, 6.07) is 3.98. The van der Waals surface area contributed by atoms with Gasteiger partial charge in [-0.05, 0) is 87.2 Å². The number of morpholine rings is 1. The van der Waals surface area contributed by atoms with Crippen LogP contribution in [0.25, 0.3) is 0 Å². The molecule has 1 aromatic carbocycles. The van der Waals surface area contributed by atoms with Crippen molar-refractivity contribution in [1.29, 1.82) is 0 Å². The summed E-state index contributed by atoms with van der Waals surface area (Å²) < 4.78 is 34.3. The number of amides is 2. The largest absolute Gasteiger partial charge is 0.379 e. The highest BCUT2D eigenvalue weighted by Crippen LogP contribution is 2.45. The first-order valence-electron chi connectivity index (χ1n) is 15.6. The quantitative estimate of drug-likeness (QED) is 0.429. The lowest BCUT2D eigenvalue weighted by atomic mass is 9.70. The van der Waals surface area contributed by atoms with Crippen LogP contribution >= 0.6 is 0 Å². The van der Waals surface area contributed by atoms with Crippen LogP contribution in [0.1, 0.15) is 91.5 Å². The fraction of sp³-hybridized carbons (Fsp3) is 0.758. The van der Waals surface area contributed by atoms with Crippen molar-refractivity contribution in [3.8, 4) is 0 Å². The molecule has 1 aromatic rings. The zero-order chi connectivity index (χ0) is 29.9. The van der Waals surface area contributed by atoms with Gasteiger partial charge in [-0.2, -0.15) is 0 Å². The van der Waals surface area contributed by atoms with Crippen LogP contribution in [0.4, 0.5) is 8.78 Å². The van der Waals surface area contributed by atoms with Crippen molar-refractivity contribution in [3.05, 3.63) is 35.4 Å². The summed E-state index contributed by atoms with van der Waals surface area (Å²) in [6.07, 6.45) is 5.21. The van der Waals surface area contributed by atoms with Crippen molar-refractivity contribution in [1.82, 2.24) is 15.1 Å². The molecule has 0 aromatic heterocycles. The van der Waals surface area contributed by atoms with Crippen LogP contribution in [0.15, 0.2) is 18.2 Å². The van der Waals surface area contributed by atoms with Crippen LogP contribution in [0.3, 0.4) is 0 Å². The molecule has 8 heteroatoms. The second-order valence-corrected chi connectivity index (χ2v) is 14.6. The molecule has 0 bridgehead atoms. The van der Waals surface area contributed by atoms with Crippen molar-refractivity contribution >= 4 is 11.8 Å². The van der Waals surface area contributed by atoms with Crippen LogP contribution in [0.2, 0.25) is 0 Å². The molecular formula is C33H51F2N3O3. The Kier molecular flexibility index (Phi) is 10.2. The van der Waals surface area contributed by atoms with E-state index in [-0.39, 0.29) is 40.6 Å². The van der Waals surface area contributed by atoms with Crippen LogP contribution in [-0.4, -0.2) is 72.6 Å². The van der Waals surface area contributed by atoms with Crippen molar-refractivity contribution in [3.63, 3.8) is 0 Å². The topological polar surface area (TPSA) is 61.9 Å². The lowest BCUT2D eigenvalue weighted by molar-refractivity contribution is -0.138. The highest BCUT2D eigenvalue weighted by Gasteiger charge is 2.45. The average Bonchev–Trinajstić information content (AvgIpc) is 3.32. The Morgan fingerprint density at radius 1 is 1.00 bits per heavy atom. The second-order valence-electron chi connectivity index (χ2n) is 14.6. The van der Waals surface area contributed by atoms with E-state index in [1.54, 1.807) is 6.92 Å². The molecule has 3 aliphatic rings. The van der Waals surface area contributed by atoms with Gasteiger partial charge in [0.1, 0.15) is 11.6 Å². The minimum absolute atomic E-state index is 0.0102. The lowest BCUT2D eigenvalue weighted by Crippen LogP contribution is -2.47. The Hall–Kier alpha value is -2.06. The van der Waals surface area contributed by atoms with E-state index >= 15 is 4.39 Å². The van der Waals surface area contributed by atoms with Gasteiger partial charge < -0.3 is 15.0 Å². The molecule has 3 fully saturated rings. The number of likely N-dealkylation sites (tertiary alicyclic amines) is 1. The third-order valence-electron chi connectivity index (χ3n) is 9.46. The average molecular weight is 576 g/mol. The van der Waals surface area contributed by atoms with E-state index in [2.05, 4.69) is 44.8 Å². The fourth-order valence-electron chi connectivity index (χ4n) is 7.87. The van der Waals surface area contributed by atoms with Gasteiger partial charge in [-0.25, -0.2) is 8.78 Å². The van der Waals surface area contributed by atoms with Crippen molar-refractivity contribution < 1.29 is 23.1 Å². The molecular weight excluding hydrogens is 524 g/mol. The first-order chi connectivity index (χ1) is 19.2. The standard InChI is InChI=1S/C33H51F2N3O3/c1-22(39)36-33(5,6)21-24(20-32(2,3)4)23-9-11-38(12-10-23)31(40)29-19-26(37-13-15-41-16-14-37)18-28(29)27-8-7-25(34)17-30(27)35/h7-8,17,23-24,26,28-29H,9-16,18-21H2,1-6H3,(H,36,39)/t24?,26?,28-,29+/m0/s1. The monoisotopic (exact) mass is 575 g/mol. The molecule has 41 heavy (non-hydrogen) atoms. The molecule has 2 amide bonds. The number of rotatable bonds is 8. The minimum atomic E-state index is -0.592. The number of benzene rings is 1. The predicted octanol–water partition coefficient (Wildman–Crippen LogP) is 5.76. The SMILES string of the molecule is CC(=O)NC(C)(C)CC(CC(C)(C)C)C1CCN(C(=O)[C@@H]2CC(N3CCOCC3)C[C@H]2c2ccc(F)cc2F)CC1. The van der Waals surface area contributed by atoms with Crippen molar-refractivity contribution in [2.45, 2.75) is 97.6 Å². The van der Waals surface area contributed by atoms with Gasteiger partial charge in [-0.15, -0.1) is 0 Å². The van der Waals surface area contributed by atoms with Gasteiger partial charge in [-0.3, -0.25) is 14.5 Å². The smallest absolute Gasteiger partial charge is 0.226 e. The molecule has 2 aliphatic heterocycles. The molecule has 0 radical (unpaired) electrons. The molecule has 4 atom stereocenters. The van der Waals surface area contributed by atoms with Gasteiger partial charge in [-0.1, -0.05) is 26.8 Å². The van der Waals surface area contributed by atoms with Crippen molar-refractivity contribution in [2.24, 2.45) is 23.2 Å². The number of hydrogen-bond donors (Lipinski definition) is 1. The third-order valence-corrected chi connectivity index (χ3v) is 9.46. The van der Waals surface area contributed by atoms with Crippen molar-refractivity contribution in [2.75, 3.05) is 39.4 Å². The highest BCUT2D eigenvalue weighted by atomic mass is 19.1. The molecule has 1 saturated carbocycles. The Morgan fingerprint density at radius 2 is 1.66 bits per heavy atom. The van der Waals surface area contributed by atoms with E-state index in [0.29, 0.717) is 56.5 Å². The summed E-state index contributed by atoms with van der Waals surface area (Å²) in [5.74, 6) is -0.716. The Morgan fingerprint density at radius 3 is 2.24 bits per heavy atom. The summed E-state index contributed by atoms with van der Waals surface area (Å²) in [5, 5.41) is 3.13. The summed E-state index contributed by atoms with van der Waals surface area (Å²) >= 11 is 0. The highest BCUT2D eigenvalue weighted by molar-refractivity contribution is 5.80. The van der Waals surface area contributed by atoms with Crippen LogP contribution < -0.4 is 5.32 Å². The fourth-order valence-corrected chi connectivity index (χ4v) is 7.87. The van der Waals surface area contributed by atoms with E-state index in [9.17, 15) is 14.0 Å². The predicted molar refractivity (Wildman–Crippen MR) is 157 cm³/mol. The molecule has 0 spiro atoms. The number of ether oxygens (including phenoxy) is 1. The Labute approximate surface area is 245 Å². The van der Waals surface area contributed by atoms with E-state index in [1.165, 1.54) is 12.1 Å². The number of nitrogens with zero attached hydrogens (tertiary/aromatic N) is 2. The summed E-state index contributed by atoms with van der Waals surface area (Å²) in [4.78, 5) is 30.3. The van der Waals surface area contributed by atoms with Gasteiger partial charge in [0.2, 0.25) is 11.8 Å². The lowest BCUT2D eigenvalue weighted by Gasteiger charge is -2.42. The van der Waals surface area contributed by atoms with Gasteiger partial charge in [0.15, 0.2) is 0 Å². The summed E-state index contributed by atoms with van der Waals surface area (Å²) in [5.41, 5.74) is 0.328. The minimum Gasteiger partial charge on any atom is -0.379 e. The molecule has 6 nitrogen and oxygen atoms in total. The van der Waals surface area contributed by atoms with Crippen LogP contribution in [0, 0.1) is 34.8 Å². The maximum Gasteiger partial charge on any atom is 0.226 e. The number of halogens is 2. The number of carbonyl (C=O) groups excluding carboxylic acids is 2. The van der Waals surface area contributed by atoms with E-state index < -0.39 is 11.6 Å². The maximum absolute atomic E-state index is 15.0. The first-order valence-corrected chi connectivity index (χ1v) is 15.6. The van der Waals surface area contributed by atoms with Gasteiger partial charge in [0.25, 0.3) is 0 Å². The summed E-state index contributed by atoms with van der Waals surface area (Å²) in [6.45, 7) is 17.0. The first kappa shape index (κ1) is 31.9. The van der Waals surface area contributed by atoms with Gasteiger partial charge >= 0.3 is 0 Å². The molecule has 4 rings (SSSR count). The van der Waals surface area contributed by atoms with E-state index in [1.807, 2.05) is 4.90 Å². The molecule has 2 saturated heterocycles. The van der Waals surface area contributed by atoms with Crippen LogP contribution in [-0.2, 0) is 14.3 Å². The number of carbonyl (C=O) groups is 2. The molecule has 1 N–H and O–H groups in total. The molecule has 1 aliphatic carbocycles. The molecule has 230 valence electrons. The zero-order valence-corrected chi connectivity index (χ0v) is 26.0. The third kappa shape index (κ3) is 8.50. The normalized spacial score (nSPS) is 25.8. The van der Waals surface area contributed by atoms with Gasteiger partial charge in [0, 0.05) is 56.7 Å². The number of nitrogens with one attached hydrogen (secondary N) is 1. The second kappa shape index (κ2) is 13.1. The number of hydrogen-bond acceptors (Lipinski definition) is 4. The summed E-state index contributed by atoms with van der Waals surface area (Å²) in [7, 11) is 0. The Balaban J connectivity index is 1.47. The zero-order valence-electron chi connectivity index (χ0n) is 26.0. The maximum atomic E-state index is 15.0. The van der Waals surface area contributed by atoms with Crippen LogP contribution in [0.5, 0.6) is 0 Å².